The fourth-order valence-electron chi connectivity index (χ4n) is 2.51. The van der Waals surface area contributed by atoms with E-state index in [1.807, 2.05) is 0 Å². The molecule has 1 aliphatic heterocycles. The summed E-state index contributed by atoms with van der Waals surface area (Å²) in [5.74, 6) is 0.999. The van der Waals surface area contributed by atoms with Gasteiger partial charge in [-0.05, 0) is 56.9 Å². The van der Waals surface area contributed by atoms with Crippen LogP contribution in [-0.2, 0) is 0 Å². The molecule has 0 amide bonds. The Kier molecular flexibility index (Phi) is 4.70. The van der Waals surface area contributed by atoms with E-state index < -0.39 is 0 Å². The smallest absolute Gasteiger partial charge is 0.122 e. The number of nitrogens with zero attached hydrogens (tertiary/aromatic N) is 1. The Bertz CT molecular complexity index is 419. The lowest BCUT2D eigenvalue weighted by atomic mass is 10.1. The van der Waals surface area contributed by atoms with Gasteiger partial charge in [0.15, 0.2) is 0 Å². The first-order valence-electron chi connectivity index (χ1n) is 7.38. The monoisotopic (exact) mass is 262 g/mol. The Morgan fingerprint density at radius 3 is 2.89 bits per heavy atom. The van der Waals surface area contributed by atoms with Crippen LogP contribution in [0.25, 0.3) is 0 Å². The zero-order valence-corrected chi connectivity index (χ0v) is 12.4. The molecule has 0 radical (unpaired) electrons. The molecule has 3 heteroatoms. The molecule has 1 saturated heterocycles. The van der Waals surface area contributed by atoms with Crippen molar-refractivity contribution in [3.63, 3.8) is 0 Å². The van der Waals surface area contributed by atoms with Crippen molar-refractivity contribution < 1.29 is 4.74 Å². The van der Waals surface area contributed by atoms with Gasteiger partial charge in [-0.2, -0.15) is 0 Å². The van der Waals surface area contributed by atoms with Crippen molar-refractivity contribution in [1.29, 1.82) is 0 Å². The van der Waals surface area contributed by atoms with Gasteiger partial charge in [0.25, 0.3) is 0 Å². The molecule has 2 atom stereocenters. The standard InChI is InChI=1S/C16H26N2O/c1-4-13(3)19-16-8-7-15(10-12(16)2)18-9-5-6-14(17)11-18/h7-8,10,13-14H,4-6,9,11,17H2,1-3H3. The molecule has 2 unspecified atom stereocenters. The number of rotatable bonds is 4. The maximum absolute atomic E-state index is 6.05. The molecule has 1 heterocycles. The number of benzene rings is 1. The lowest BCUT2D eigenvalue weighted by Crippen LogP contribution is -2.42. The highest BCUT2D eigenvalue weighted by Gasteiger charge is 2.17. The maximum atomic E-state index is 6.05. The average Bonchev–Trinajstić information content (AvgIpc) is 2.41. The number of nitrogens with two attached hydrogens (primary N) is 1. The largest absolute Gasteiger partial charge is 0.490 e. The highest BCUT2D eigenvalue weighted by atomic mass is 16.5. The summed E-state index contributed by atoms with van der Waals surface area (Å²) in [5, 5.41) is 0. The second-order valence-electron chi connectivity index (χ2n) is 5.63. The highest BCUT2D eigenvalue weighted by molar-refractivity contribution is 5.53. The predicted octanol–water partition coefficient (Wildman–Crippen LogP) is 3.10. The fraction of sp³-hybridized carbons (Fsp3) is 0.625. The van der Waals surface area contributed by atoms with Crippen LogP contribution >= 0.6 is 0 Å². The van der Waals surface area contributed by atoms with Gasteiger partial charge in [-0.1, -0.05) is 6.92 Å². The van der Waals surface area contributed by atoms with Crippen molar-refractivity contribution in [2.24, 2.45) is 5.73 Å². The Labute approximate surface area is 116 Å². The molecule has 0 bridgehead atoms. The molecule has 1 aromatic carbocycles. The molecule has 2 rings (SSSR count). The van der Waals surface area contributed by atoms with Crippen molar-refractivity contribution in [2.45, 2.75) is 52.2 Å². The molecular weight excluding hydrogens is 236 g/mol. The Morgan fingerprint density at radius 2 is 2.26 bits per heavy atom. The summed E-state index contributed by atoms with van der Waals surface area (Å²) in [4.78, 5) is 2.38. The van der Waals surface area contributed by atoms with Gasteiger partial charge in [0.2, 0.25) is 0 Å². The zero-order valence-electron chi connectivity index (χ0n) is 12.4. The minimum atomic E-state index is 0.271. The van der Waals surface area contributed by atoms with E-state index in [1.165, 1.54) is 17.7 Å². The number of anilines is 1. The Hall–Kier alpha value is -1.22. The molecule has 1 aromatic rings. The molecule has 0 saturated carbocycles. The van der Waals surface area contributed by atoms with Crippen LogP contribution < -0.4 is 15.4 Å². The van der Waals surface area contributed by atoms with Crippen molar-refractivity contribution in [2.75, 3.05) is 18.0 Å². The van der Waals surface area contributed by atoms with E-state index in [0.29, 0.717) is 6.04 Å². The SMILES string of the molecule is CCC(C)Oc1ccc(N2CCCC(N)C2)cc1C. The third-order valence-electron chi connectivity index (χ3n) is 3.88. The highest BCUT2D eigenvalue weighted by Crippen LogP contribution is 2.27. The summed E-state index contributed by atoms with van der Waals surface area (Å²) in [6, 6.07) is 6.78. The number of hydrogen-bond donors (Lipinski definition) is 1. The number of piperidine rings is 1. The lowest BCUT2D eigenvalue weighted by molar-refractivity contribution is 0.216. The molecule has 2 N–H and O–H groups in total. The number of hydrogen-bond acceptors (Lipinski definition) is 3. The number of aryl methyl sites for hydroxylation is 1. The molecule has 3 nitrogen and oxygen atoms in total. The van der Waals surface area contributed by atoms with Crippen LogP contribution in [0.2, 0.25) is 0 Å². The van der Waals surface area contributed by atoms with Gasteiger partial charge in [-0.25, -0.2) is 0 Å². The van der Waals surface area contributed by atoms with Crippen molar-refractivity contribution in [1.82, 2.24) is 0 Å². The van der Waals surface area contributed by atoms with Crippen molar-refractivity contribution in [3.05, 3.63) is 23.8 Å². The van der Waals surface area contributed by atoms with Crippen molar-refractivity contribution >= 4 is 5.69 Å². The molecule has 19 heavy (non-hydrogen) atoms. The van der Waals surface area contributed by atoms with E-state index in [1.54, 1.807) is 0 Å². The second kappa shape index (κ2) is 6.29. The summed E-state index contributed by atoms with van der Waals surface area (Å²) in [7, 11) is 0. The van der Waals surface area contributed by atoms with Gasteiger partial charge in [-0.3, -0.25) is 0 Å². The van der Waals surface area contributed by atoms with Gasteiger partial charge < -0.3 is 15.4 Å². The normalized spacial score (nSPS) is 21.3. The third-order valence-corrected chi connectivity index (χ3v) is 3.88. The third kappa shape index (κ3) is 3.63. The molecule has 1 fully saturated rings. The van der Waals surface area contributed by atoms with Crippen LogP contribution in [0.4, 0.5) is 5.69 Å². The first kappa shape index (κ1) is 14.2. The van der Waals surface area contributed by atoms with Gasteiger partial charge in [0, 0.05) is 24.8 Å². The van der Waals surface area contributed by atoms with Crippen LogP contribution in [0, 0.1) is 6.92 Å². The molecule has 0 spiro atoms. The minimum absolute atomic E-state index is 0.271. The lowest BCUT2D eigenvalue weighted by Gasteiger charge is -2.33. The minimum Gasteiger partial charge on any atom is -0.490 e. The first-order chi connectivity index (χ1) is 9.10. The summed E-state index contributed by atoms with van der Waals surface area (Å²) >= 11 is 0. The van der Waals surface area contributed by atoms with Gasteiger partial charge >= 0.3 is 0 Å². The first-order valence-corrected chi connectivity index (χ1v) is 7.38. The van der Waals surface area contributed by atoms with E-state index in [4.69, 9.17) is 10.5 Å². The summed E-state index contributed by atoms with van der Waals surface area (Å²) in [5.41, 5.74) is 8.52. The van der Waals surface area contributed by atoms with E-state index in [-0.39, 0.29) is 6.10 Å². The second-order valence-corrected chi connectivity index (χ2v) is 5.63. The summed E-state index contributed by atoms with van der Waals surface area (Å²) < 4.78 is 5.91. The molecule has 106 valence electrons. The quantitative estimate of drug-likeness (QED) is 0.906. The van der Waals surface area contributed by atoms with E-state index in [2.05, 4.69) is 43.9 Å². The van der Waals surface area contributed by atoms with Gasteiger partial charge in [0.1, 0.15) is 5.75 Å². The van der Waals surface area contributed by atoms with Crippen LogP contribution in [0.15, 0.2) is 18.2 Å². The molecule has 1 aliphatic rings. The average molecular weight is 262 g/mol. The number of ether oxygens (including phenoxy) is 1. The van der Waals surface area contributed by atoms with E-state index in [0.717, 1.165) is 31.7 Å². The molecular formula is C16H26N2O. The van der Waals surface area contributed by atoms with Gasteiger partial charge in [0.05, 0.1) is 6.10 Å². The van der Waals surface area contributed by atoms with E-state index in [9.17, 15) is 0 Å². The van der Waals surface area contributed by atoms with Crippen LogP contribution in [0.1, 0.15) is 38.7 Å². The van der Waals surface area contributed by atoms with Gasteiger partial charge in [-0.15, -0.1) is 0 Å². The zero-order chi connectivity index (χ0) is 13.8. The predicted molar refractivity (Wildman–Crippen MR) is 81.0 cm³/mol. The van der Waals surface area contributed by atoms with Crippen LogP contribution in [0.5, 0.6) is 5.75 Å². The Balaban J connectivity index is 2.09. The summed E-state index contributed by atoms with van der Waals surface area (Å²) in [6.45, 7) is 8.44. The van der Waals surface area contributed by atoms with E-state index >= 15 is 0 Å². The Morgan fingerprint density at radius 1 is 1.47 bits per heavy atom. The fourth-order valence-corrected chi connectivity index (χ4v) is 2.51. The molecule has 0 aromatic heterocycles. The maximum Gasteiger partial charge on any atom is 0.122 e. The van der Waals surface area contributed by atoms with Crippen LogP contribution in [0.3, 0.4) is 0 Å². The van der Waals surface area contributed by atoms with Crippen LogP contribution in [-0.4, -0.2) is 25.2 Å². The van der Waals surface area contributed by atoms with Crippen molar-refractivity contribution in [3.8, 4) is 5.75 Å². The summed E-state index contributed by atoms with van der Waals surface area (Å²) in [6.07, 6.45) is 3.63. The topological polar surface area (TPSA) is 38.5 Å². The molecule has 0 aliphatic carbocycles.